The Morgan fingerprint density at radius 2 is 1.88 bits per heavy atom. The smallest absolute Gasteiger partial charge is 0.273 e. The fraction of sp³-hybridized carbons (Fsp3) is 0.258. The second-order valence-electron chi connectivity index (χ2n) is 10.3. The number of anilines is 1. The van der Waals surface area contributed by atoms with Crippen LogP contribution in [0, 0.1) is 30.9 Å². The number of carbonyl (C=O) groups excluding carboxylic acids is 1. The minimum atomic E-state index is -0.442. The molecule has 42 heavy (non-hydrogen) atoms. The van der Waals surface area contributed by atoms with Crippen molar-refractivity contribution < 1.29 is 14.5 Å². The van der Waals surface area contributed by atoms with Crippen LogP contribution in [0.3, 0.4) is 0 Å². The predicted octanol–water partition coefficient (Wildman–Crippen LogP) is 5.72. The van der Waals surface area contributed by atoms with Gasteiger partial charge in [0.15, 0.2) is 5.11 Å². The Morgan fingerprint density at radius 3 is 2.55 bits per heavy atom. The van der Waals surface area contributed by atoms with Crippen molar-refractivity contribution >= 4 is 34.6 Å². The molecule has 0 bridgehead atoms. The van der Waals surface area contributed by atoms with Crippen LogP contribution in [0.4, 0.5) is 11.4 Å². The maximum Gasteiger partial charge on any atom is 0.273 e. The number of aryl methyl sites for hydroxylation is 2. The van der Waals surface area contributed by atoms with Gasteiger partial charge < -0.3 is 24.8 Å². The lowest BCUT2D eigenvalue weighted by Crippen LogP contribution is -2.32. The molecule has 2 aromatic heterocycles. The number of amides is 1. The van der Waals surface area contributed by atoms with Crippen LogP contribution in [0.1, 0.15) is 46.7 Å². The molecule has 0 radical (unpaired) electrons. The van der Waals surface area contributed by atoms with Crippen molar-refractivity contribution in [2.24, 2.45) is 0 Å². The van der Waals surface area contributed by atoms with Crippen LogP contribution in [-0.4, -0.2) is 44.0 Å². The maximum absolute atomic E-state index is 12.9. The topological polar surface area (TPSA) is 115 Å². The molecule has 11 heteroatoms. The Hall–Kier alpha value is -4.77. The third-order valence-electron chi connectivity index (χ3n) is 7.52. The third kappa shape index (κ3) is 5.68. The van der Waals surface area contributed by atoms with Gasteiger partial charge >= 0.3 is 0 Å². The van der Waals surface area contributed by atoms with E-state index in [-0.39, 0.29) is 30.1 Å². The summed E-state index contributed by atoms with van der Waals surface area (Å²) in [5.74, 6) is 0.284. The standard InChI is InChI=1S/C31H32N6O4S/c1-19-8-10-22(11-9-19)33-28(38)14-16-35-30(29(34-31(35)42)25-7-5-6-15-32-25)24-17-20(2)36(21(24)3)26-13-12-23(37(39)40)18-27(26)41-4/h5-13,15,17-18,29-30H,14,16H2,1-4H3,(H,33,38)(H,34,42)/t29-,30+/m0/s1. The lowest BCUT2D eigenvalue weighted by atomic mass is 9.96. The molecule has 1 amide bonds. The van der Waals surface area contributed by atoms with Crippen molar-refractivity contribution in [2.45, 2.75) is 39.3 Å². The third-order valence-corrected chi connectivity index (χ3v) is 7.87. The Labute approximate surface area is 249 Å². The van der Waals surface area contributed by atoms with Gasteiger partial charge in [-0.2, -0.15) is 0 Å². The molecule has 216 valence electrons. The van der Waals surface area contributed by atoms with E-state index in [2.05, 4.69) is 21.7 Å². The number of methoxy groups -OCH3 is 1. The largest absolute Gasteiger partial charge is 0.494 e. The number of pyridine rings is 1. The average molecular weight is 585 g/mol. The highest BCUT2D eigenvalue weighted by Crippen LogP contribution is 2.42. The summed E-state index contributed by atoms with van der Waals surface area (Å²) in [5.41, 5.74) is 6.18. The Morgan fingerprint density at radius 1 is 1.12 bits per heavy atom. The maximum atomic E-state index is 12.9. The Balaban J connectivity index is 1.50. The molecule has 1 fully saturated rings. The molecule has 4 aromatic rings. The number of carbonyl (C=O) groups is 1. The second-order valence-corrected chi connectivity index (χ2v) is 10.6. The zero-order valence-corrected chi connectivity index (χ0v) is 24.6. The van der Waals surface area contributed by atoms with Crippen molar-refractivity contribution in [1.82, 2.24) is 19.8 Å². The van der Waals surface area contributed by atoms with Gasteiger partial charge in [0.25, 0.3) is 5.69 Å². The predicted molar refractivity (Wildman–Crippen MR) is 165 cm³/mol. The van der Waals surface area contributed by atoms with Crippen molar-refractivity contribution in [1.29, 1.82) is 0 Å². The number of nitrogens with one attached hydrogen (secondary N) is 2. The van der Waals surface area contributed by atoms with Gasteiger partial charge in [0, 0.05) is 42.3 Å². The van der Waals surface area contributed by atoms with E-state index in [4.69, 9.17) is 17.0 Å². The molecule has 2 atom stereocenters. The van der Waals surface area contributed by atoms with E-state index in [0.29, 0.717) is 23.1 Å². The van der Waals surface area contributed by atoms with E-state index in [1.807, 2.05) is 72.7 Å². The highest BCUT2D eigenvalue weighted by Gasteiger charge is 2.41. The molecule has 1 aliphatic heterocycles. The van der Waals surface area contributed by atoms with Crippen LogP contribution >= 0.6 is 12.2 Å². The summed E-state index contributed by atoms with van der Waals surface area (Å²) in [6.07, 6.45) is 1.98. The number of benzene rings is 2. The number of nitrogens with zero attached hydrogens (tertiary/aromatic N) is 4. The number of aromatic nitrogens is 2. The highest BCUT2D eigenvalue weighted by atomic mass is 32.1. The fourth-order valence-electron chi connectivity index (χ4n) is 5.49. The molecule has 2 N–H and O–H groups in total. The normalized spacial score (nSPS) is 16.3. The Bertz CT molecular complexity index is 1640. The Kier molecular flexibility index (Phi) is 8.21. The van der Waals surface area contributed by atoms with Crippen LogP contribution in [-0.2, 0) is 4.79 Å². The molecule has 0 aliphatic carbocycles. The lowest BCUT2D eigenvalue weighted by molar-refractivity contribution is -0.384. The number of hydrogen-bond acceptors (Lipinski definition) is 6. The number of rotatable bonds is 9. The average Bonchev–Trinajstić information content (AvgIpc) is 3.47. The van der Waals surface area contributed by atoms with Crippen LogP contribution in [0.5, 0.6) is 5.75 Å². The molecule has 2 aromatic carbocycles. The molecular weight excluding hydrogens is 552 g/mol. The number of nitro groups is 1. The summed E-state index contributed by atoms with van der Waals surface area (Å²) >= 11 is 5.81. The minimum Gasteiger partial charge on any atom is -0.494 e. The van der Waals surface area contributed by atoms with Crippen molar-refractivity contribution in [3.8, 4) is 11.4 Å². The molecule has 0 saturated carbocycles. The van der Waals surface area contributed by atoms with Crippen LogP contribution in [0.25, 0.3) is 5.69 Å². The summed E-state index contributed by atoms with van der Waals surface area (Å²) in [6, 6.07) is 19.6. The first-order valence-corrected chi connectivity index (χ1v) is 13.9. The monoisotopic (exact) mass is 584 g/mol. The zero-order chi connectivity index (χ0) is 30.0. The number of ether oxygens (including phenoxy) is 1. The number of thiocarbonyl (C=S) groups is 1. The molecule has 5 rings (SSSR count). The highest BCUT2D eigenvalue weighted by molar-refractivity contribution is 7.80. The molecule has 0 spiro atoms. The van der Waals surface area contributed by atoms with Gasteiger partial charge in [-0.15, -0.1) is 0 Å². The first kappa shape index (κ1) is 28.7. The number of non-ortho nitro benzene ring substituents is 1. The number of hydrogen-bond donors (Lipinski definition) is 2. The van der Waals surface area contributed by atoms with E-state index in [1.54, 1.807) is 12.3 Å². The quantitative estimate of drug-likeness (QED) is 0.146. The van der Waals surface area contributed by atoms with Crippen LogP contribution in [0.15, 0.2) is 72.9 Å². The van der Waals surface area contributed by atoms with Gasteiger partial charge in [-0.05, 0) is 75.0 Å². The van der Waals surface area contributed by atoms with E-state index in [1.165, 1.54) is 19.2 Å². The van der Waals surface area contributed by atoms with Gasteiger partial charge in [-0.3, -0.25) is 19.9 Å². The molecule has 1 aliphatic rings. The molecule has 1 saturated heterocycles. The van der Waals surface area contributed by atoms with Gasteiger partial charge in [0.1, 0.15) is 5.75 Å². The van der Waals surface area contributed by atoms with E-state index < -0.39 is 4.92 Å². The molecular formula is C31H32N6O4S. The van der Waals surface area contributed by atoms with Gasteiger partial charge in [0.05, 0.1) is 41.6 Å². The SMILES string of the molecule is COc1cc([N+](=O)[O-])ccc1-n1c(C)cc([C@@H]2[C@H](c3ccccn3)NC(=S)N2CCC(=O)Nc2ccc(C)cc2)c1C. The minimum absolute atomic E-state index is 0.0473. The molecule has 3 heterocycles. The van der Waals surface area contributed by atoms with E-state index >= 15 is 0 Å². The second kappa shape index (κ2) is 12.0. The van der Waals surface area contributed by atoms with Crippen molar-refractivity contribution in [2.75, 3.05) is 19.0 Å². The zero-order valence-electron chi connectivity index (χ0n) is 23.8. The van der Waals surface area contributed by atoms with Crippen molar-refractivity contribution in [3.05, 3.63) is 111 Å². The van der Waals surface area contributed by atoms with Crippen LogP contribution < -0.4 is 15.4 Å². The van der Waals surface area contributed by atoms with E-state index in [9.17, 15) is 14.9 Å². The summed E-state index contributed by atoms with van der Waals surface area (Å²) in [6.45, 7) is 6.37. The van der Waals surface area contributed by atoms with Gasteiger partial charge in [0.2, 0.25) is 5.91 Å². The fourth-order valence-corrected chi connectivity index (χ4v) is 5.82. The first-order valence-electron chi connectivity index (χ1n) is 13.5. The van der Waals surface area contributed by atoms with Gasteiger partial charge in [-0.1, -0.05) is 23.8 Å². The lowest BCUT2D eigenvalue weighted by Gasteiger charge is -2.28. The van der Waals surface area contributed by atoms with Crippen LogP contribution in [0.2, 0.25) is 0 Å². The van der Waals surface area contributed by atoms with Crippen molar-refractivity contribution in [3.63, 3.8) is 0 Å². The summed E-state index contributed by atoms with van der Waals surface area (Å²) in [7, 11) is 1.50. The van der Waals surface area contributed by atoms with E-state index in [0.717, 1.165) is 33.9 Å². The summed E-state index contributed by atoms with van der Waals surface area (Å²) in [5, 5.41) is 18.3. The van der Waals surface area contributed by atoms with Gasteiger partial charge in [-0.25, -0.2) is 0 Å². The summed E-state index contributed by atoms with van der Waals surface area (Å²) < 4.78 is 7.59. The first-order chi connectivity index (χ1) is 20.2. The summed E-state index contributed by atoms with van der Waals surface area (Å²) in [4.78, 5) is 30.5. The molecule has 10 nitrogen and oxygen atoms in total. The number of nitro benzene ring substituents is 1. The molecule has 0 unspecified atom stereocenters.